The molecule has 3 N–H and O–H groups in total. The highest BCUT2D eigenvalue weighted by atomic mass is 16.6. The summed E-state index contributed by atoms with van der Waals surface area (Å²) in [5, 5.41) is 27.6. The Balaban J connectivity index is 4.62. The Morgan fingerprint density at radius 2 is 0.714 bits per heavy atom. The largest absolute Gasteiger partial charge is 0.394 e. The lowest BCUT2D eigenvalue weighted by molar-refractivity contribution is -0.124. The minimum atomic E-state index is -0.520. The molecule has 0 spiro atoms. The van der Waals surface area contributed by atoms with Gasteiger partial charge in [0.25, 0.3) is 0 Å². The van der Waals surface area contributed by atoms with Gasteiger partial charge in [0.15, 0.2) is 0 Å². The highest BCUT2D eigenvalue weighted by molar-refractivity contribution is 4.62. The van der Waals surface area contributed by atoms with Crippen LogP contribution < -0.4 is 0 Å². The summed E-state index contributed by atoms with van der Waals surface area (Å²) in [4.78, 5) is 0. The van der Waals surface area contributed by atoms with Crippen molar-refractivity contribution in [3.8, 4) is 0 Å². The number of aliphatic hydroxyl groups is 3. The van der Waals surface area contributed by atoms with E-state index in [0.29, 0.717) is 52.9 Å². The summed E-state index contributed by atoms with van der Waals surface area (Å²) in [6, 6.07) is 0. The van der Waals surface area contributed by atoms with Gasteiger partial charge >= 0.3 is 0 Å². The van der Waals surface area contributed by atoms with Crippen LogP contribution in [0.1, 0.15) is 62.3 Å². The molecule has 9 unspecified atom stereocenters. The lowest BCUT2D eigenvalue weighted by Gasteiger charge is -2.24. The maximum atomic E-state index is 9.37. The molecule has 0 aromatic rings. The minimum Gasteiger partial charge on any atom is -0.394 e. The van der Waals surface area contributed by atoms with Gasteiger partial charge in [-0.05, 0) is 62.3 Å². The van der Waals surface area contributed by atoms with E-state index in [1.165, 1.54) is 0 Å². The standard InChI is InChI=1S/C30H62O12/c1-21(33)12-36-26(6)15-37-27(7)16-40-30(19-34-13-24(4)38-17-28(8)41-22(2)10-31)20-35-14-25(5)39-18-29(9)42-23(3)11-32/h21-33H,10-20H2,1-9H3. The fourth-order valence-electron chi connectivity index (χ4n) is 3.50. The van der Waals surface area contributed by atoms with E-state index in [1.807, 2.05) is 55.4 Å². The van der Waals surface area contributed by atoms with Gasteiger partial charge in [0.1, 0.15) is 6.10 Å². The lowest BCUT2D eigenvalue weighted by atomic mass is 10.3. The second kappa shape index (κ2) is 25.8. The van der Waals surface area contributed by atoms with Crippen molar-refractivity contribution in [3.63, 3.8) is 0 Å². The first-order valence-electron chi connectivity index (χ1n) is 15.3. The maximum Gasteiger partial charge on any atom is 0.104 e. The summed E-state index contributed by atoms with van der Waals surface area (Å²) >= 11 is 0. The van der Waals surface area contributed by atoms with Gasteiger partial charge in [-0.15, -0.1) is 0 Å². The van der Waals surface area contributed by atoms with Crippen LogP contribution in [-0.4, -0.2) is 149 Å². The molecule has 0 amide bonds. The summed E-state index contributed by atoms with van der Waals surface area (Å²) < 4.78 is 52.1. The Bertz CT molecular complexity index is 565. The van der Waals surface area contributed by atoms with E-state index in [2.05, 4.69) is 0 Å². The average Bonchev–Trinajstić information content (AvgIpc) is 2.94. The summed E-state index contributed by atoms with van der Waals surface area (Å²) in [6.45, 7) is 19.8. The SMILES string of the molecule is CC(O)COC(C)COC(C)COC(COCC(C)OCC(C)OC(C)CO)COCC(C)OCC(C)OC(C)CO. The van der Waals surface area contributed by atoms with E-state index in [4.69, 9.17) is 52.8 Å². The van der Waals surface area contributed by atoms with Gasteiger partial charge < -0.3 is 58.0 Å². The van der Waals surface area contributed by atoms with Crippen LogP contribution in [-0.2, 0) is 42.6 Å². The molecular weight excluding hydrogens is 552 g/mol. The van der Waals surface area contributed by atoms with Crippen LogP contribution in [0.15, 0.2) is 0 Å². The molecule has 0 radical (unpaired) electrons. The van der Waals surface area contributed by atoms with E-state index in [1.54, 1.807) is 6.92 Å². The van der Waals surface area contributed by atoms with Crippen molar-refractivity contribution >= 4 is 0 Å². The Morgan fingerprint density at radius 3 is 1.10 bits per heavy atom. The first-order valence-corrected chi connectivity index (χ1v) is 15.3. The molecule has 0 aromatic carbocycles. The van der Waals surface area contributed by atoms with E-state index >= 15 is 0 Å². The van der Waals surface area contributed by atoms with Crippen LogP contribution >= 0.6 is 0 Å². The van der Waals surface area contributed by atoms with E-state index < -0.39 is 6.10 Å². The molecule has 0 bridgehead atoms. The summed E-state index contributed by atoms with van der Waals surface area (Å²) in [5.74, 6) is 0. The monoisotopic (exact) mass is 614 g/mol. The lowest BCUT2D eigenvalue weighted by Crippen LogP contribution is -2.33. The third-order valence-electron chi connectivity index (χ3n) is 5.79. The minimum absolute atomic E-state index is 0.0335. The Morgan fingerprint density at radius 1 is 0.381 bits per heavy atom. The van der Waals surface area contributed by atoms with Gasteiger partial charge in [-0.1, -0.05) is 0 Å². The molecular formula is C30H62O12. The molecule has 0 saturated carbocycles. The zero-order valence-corrected chi connectivity index (χ0v) is 27.6. The molecule has 0 aromatic heterocycles. The molecule has 254 valence electrons. The van der Waals surface area contributed by atoms with Gasteiger partial charge in [0.05, 0.1) is 128 Å². The summed E-state index contributed by atoms with van der Waals surface area (Å²) in [6.07, 6.45) is -2.24. The highest BCUT2D eigenvalue weighted by Crippen LogP contribution is 2.06. The molecule has 12 nitrogen and oxygen atoms in total. The van der Waals surface area contributed by atoms with Crippen LogP contribution in [0.5, 0.6) is 0 Å². The number of rotatable bonds is 29. The first kappa shape index (κ1) is 41.5. The third kappa shape index (κ3) is 24.9. The number of hydrogen-bond donors (Lipinski definition) is 3. The van der Waals surface area contributed by atoms with Crippen molar-refractivity contribution in [3.05, 3.63) is 0 Å². The normalized spacial score (nSPS) is 19.4. The smallest absolute Gasteiger partial charge is 0.104 e. The molecule has 9 atom stereocenters. The van der Waals surface area contributed by atoms with E-state index in [9.17, 15) is 5.11 Å². The molecule has 0 aliphatic carbocycles. The van der Waals surface area contributed by atoms with Gasteiger partial charge in [-0.2, -0.15) is 0 Å². The topological polar surface area (TPSA) is 144 Å². The van der Waals surface area contributed by atoms with Crippen LogP contribution in [0.25, 0.3) is 0 Å². The van der Waals surface area contributed by atoms with Crippen molar-refractivity contribution in [2.45, 2.75) is 123 Å². The highest BCUT2D eigenvalue weighted by Gasteiger charge is 2.17. The van der Waals surface area contributed by atoms with Crippen LogP contribution in [0.4, 0.5) is 0 Å². The van der Waals surface area contributed by atoms with Crippen LogP contribution in [0.3, 0.4) is 0 Å². The van der Waals surface area contributed by atoms with E-state index in [0.717, 1.165) is 0 Å². The zero-order chi connectivity index (χ0) is 31.9. The average molecular weight is 615 g/mol. The quantitative estimate of drug-likeness (QED) is 0.113. The van der Waals surface area contributed by atoms with Crippen LogP contribution in [0, 0.1) is 0 Å². The van der Waals surface area contributed by atoms with Crippen molar-refractivity contribution in [1.82, 2.24) is 0 Å². The molecule has 0 fully saturated rings. The van der Waals surface area contributed by atoms with Gasteiger partial charge in [0, 0.05) is 0 Å². The number of ether oxygens (including phenoxy) is 9. The van der Waals surface area contributed by atoms with Crippen molar-refractivity contribution in [2.24, 2.45) is 0 Å². The van der Waals surface area contributed by atoms with Gasteiger partial charge in [0.2, 0.25) is 0 Å². The summed E-state index contributed by atoms with van der Waals surface area (Å²) in [7, 11) is 0. The number of hydrogen-bond acceptors (Lipinski definition) is 12. The molecule has 0 saturated heterocycles. The number of aliphatic hydroxyl groups excluding tert-OH is 3. The predicted octanol–water partition coefficient (Wildman–Crippen LogP) is 1.98. The van der Waals surface area contributed by atoms with E-state index in [-0.39, 0.29) is 74.8 Å². The molecule has 0 rings (SSSR count). The Kier molecular flexibility index (Phi) is 25.5. The molecule has 0 aliphatic rings. The fraction of sp³-hybridized carbons (Fsp3) is 1.00. The first-order chi connectivity index (χ1) is 19.9. The third-order valence-corrected chi connectivity index (χ3v) is 5.79. The Hall–Kier alpha value is -0.480. The second-order valence-electron chi connectivity index (χ2n) is 11.3. The van der Waals surface area contributed by atoms with Gasteiger partial charge in [-0.3, -0.25) is 0 Å². The maximum absolute atomic E-state index is 9.37. The Labute approximate surface area is 254 Å². The zero-order valence-electron chi connectivity index (χ0n) is 27.6. The van der Waals surface area contributed by atoms with Gasteiger partial charge in [-0.25, -0.2) is 0 Å². The molecule has 42 heavy (non-hydrogen) atoms. The van der Waals surface area contributed by atoms with Crippen molar-refractivity contribution < 1.29 is 58.0 Å². The second-order valence-corrected chi connectivity index (χ2v) is 11.3. The fourth-order valence-corrected chi connectivity index (χ4v) is 3.50. The molecule has 0 aliphatic heterocycles. The molecule has 12 heteroatoms. The summed E-state index contributed by atoms with van der Waals surface area (Å²) in [5.41, 5.74) is 0. The van der Waals surface area contributed by atoms with Crippen molar-refractivity contribution in [2.75, 3.05) is 72.7 Å². The van der Waals surface area contributed by atoms with Crippen molar-refractivity contribution in [1.29, 1.82) is 0 Å². The molecule has 0 heterocycles. The predicted molar refractivity (Wildman–Crippen MR) is 159 cm³/mol. The van der Waals surface area contributed by atoms with Crippen LogP contribution in [0.2, 0.25) is 0 Å².